The number of morpholine rings is 1. The lowest BCUT2D eigenvalue weighted by atomic mass is 9.92. The zero-order chi connectivity index (χ0) is 22.2. The SMILES string of the molecule is Cc1nc(C(=O)N2CCCC3(CC2)CN(c2ccccc2)C(=O)CO3)c(C(F)(F)F)o1. The number of likely N-dealkylation sites (tertiary alicyclic amines) is 1. The lowest BCUT2D eigenvalue weighted by molar-refractivity contribution is -0.153. The van der Waals surface area contributed by atoms with Gasteiger partial charge in [-0.25, -0.2) is 4.98 Å². The molecule has 0 aliphatic carbocycles. The van der Waals surface area contributed by atoms with Crippen LogP contribution < -0.4 is 4.90 Å². The lowest BCUT2D eigenvalue weighted by Crippen LogP contribution is -2.55. The Bertz CT molecular complexity index is 976. The smallest absolute Gasteiger partial charge is 0.436 e. The Kier molecular flexibility index (Phi) is 5.50. The van der Waals surface area contributed by atoms with Crippen LogP contribution in [0.3, 0.4) is 0 Å². The summed E-state index contributed by atoms with van der Waals surface area (Å²) in [6, 6.07) is 9.23. The number of nitrogens with zero attached hydrogens (tertiary/aromatic N) is 3. The van der Waals surface area contributed by atoms with E-state index in [1.807, 2.05) is 30.3 Å². The summed E-state index contributed by atoms with van der Waals surface area (Å²) in [6.07, 6.45) is -3.30. The molecule has 0 bridgehead atoms. The monoisotopic (exact) mass is 437 g/mol. The number of ether oxygens (including phenoxy) is 1. The minimum atomic E-state index is -4.80. The highest BCUT2D eigenvalue weighted by Crippen LogP contribution is 2.35. The molecule has 10 heteroatoms. The van der Waals surface area contributed by atoms with E-state index in [1.54, 1.807) is 4.90 Å². The number of alkyl halides is 3. The van der Waals surface area contributed by atoms with E-state index in [4.69, 9.17) is 4.74 Å². The van der Waals surface area contributed by atoms with Crippen molar-refractivity contribution < 1.29 is 31.9 Å². The largest absolute Gasteiger partial charge is 0.452 e. The van der Waals surface area contributed by atoms with Crippen molar-refractivity contribution in [3.63, 3.8) is 0 Å². The van der Waals surface area contributed by atoms with Crippen LogP contribution in [-0.2, 0) is 15.7 Å². The highest BCUT2D eigenvalue weighted by atomic mass is 19.4. The number of anilines is 1. The standard InChI is InChI=1S/C21H22F3N3O4/c1-14-25-17(18(31-14)21(22,23)24)19(29)26-10-5-8-20(9-11-26)13-27(16(28)12-30-20)15-6-3-2-4-7-15/h2-4,6-7H,5,8-13H2,1H3. The molecule has 1 atom stereocenters. The fourth-order valence-corrected chi connectivity index (χ4v) is 4.15. The van der Waals surface area contributed by atoms with Gasteiger partial charge in [0.05, 0.1) is 12.1 Å². The molecule has 0 radical (unpaired) electrons. The number of oxazole rings is 1. The van der Waals surface area contributed by atoms with Crippen molar-refractivity contribution in [1.29, 1.82) is 0 Å². The van der Waals surface area contributed by atoms with Gasteiger partial charge in [-0.15, -0.1) is 0 Å². The van der Waals surface area contributed by atoms with Crippen LogP contribution in [0, 0.1) is 6.92 Å². The third-order valence-corrected chi connectivity index (χ3v) is 5.70. The van der Waals surface area contributed by atoms with Crippen molar-refractivity contribution >= 4 is 17.5 Å². The molecular weight excluding hydrogens is 415 g/mol. The summed E-state index contributed by atoms with van der Waals surface area (Å²) in [5.41, 5.74) is -0.613. The van der Waals surface area contributed by atoms with Gasteiger partial charge in [-0.2, -0.15) is 13.2 Å². The number of carbonyl (C=O) groups excluding carboxylic acids is 2. The summed E-state index contributed by atoms with van der Waals surface area (Å²) in [4.78, 5) is 32.0. The van der Waals surface area contributed by atoms with E-state index < -0.39 is 29.1 Å². The van der Waals surface area contributed by atoms with Crippen molar-refractivity contribution in [1.82, 2.24) is 9.88 Å². The lowest BCUT2D eigenvalue weighted by Gasteiger charge is -2.42. The van der Waals surface area contributed by atoms with E-state index in [1.165, 1.54) is 11.8 Å². The van der Waals surface area contributed by atoms with Crippen LogP contribution in [0.15, 0.2) is 34.7 Å². The molecule has 1 aromatic heterocycles. The molecule has 1 aromatic carbocycles. The summed E-state index contributed by atoms with van der Waals surface area (Å²) in [5, 5.41) is 0. The third kappa shape index (κ3) is 4.30. The van der Waals surface area contributed by atoms with E-state index >= 15 is 0 Å². The van der Waals surface area contributed by atoms with E-state index in [0.29, 0.717) is 25.8 Å². The number of aromatic nitrogens is 1. The normalized spacial score (nSPS) is 22.6. The van der Waals surface area contributed by atoms with Crippen molar-refractivity contribution in [2.45, 2.75) is 38.0 Å². The van der Waals surface area contributed by atoms with E-state index in [9.17, 15) is 22.8 Å². The second kappa shape index (κ2) is 7.99. The number of hydrogen-bond donors (Lipinski definition) is 0. The van der Waals surface area contributed by atoms with Crippen LogP contribution in [0.2, 0.25) is 0 Å². The molecule has 1 spiro atoms. The summed E-state index contributed by atoms with van der Waals surface area (Å²) in [7, 11) is 0. The molecular formula is C21H22F3N3O4. The molecule has 31 heavy (non-hydrogen) atoms. The number of amides is 2. The second-order valence-electron chi connectivity index (χ2n) is 7.84. The fraction of sp³-hybridized carbons (Fsp3) is 0.476. The maximum atomic E-state index is 13.2. The average Bonchev–Trinajstić information content (AvgIpc) is 3.03. The summed E-state index contributed by atoms with van der Waals surface area (Å²) in [6.45, 7) is 1.98. The average molecular weight is 437 g/mol. The third-order valence-electron chi connectivity index (χ3n) is 5.70. The van der Waals surface area contributed by atoms with Gasteiger partial charge in [0.2, 0.25) is 5.76 Å². The minimum absolute atomic E-state index is 0.0798. The second-order valence-corrected chi connectivity index (χ2v) is 7.84. The molecule has 2 saturated heterocycles. The van der Waals surface area contributed by atoms with Crippen molar-refractivity contribution in [2.75, 3.05) is 31.1 Å². The Balaban J connectivity index is 1.51. The zero-order valence-corrected chi connectivity index (χ0v) is 16.9. The van der Waals surface area contributed by atoms with Crippen molar-refractivity contribution in [2.24, 2.45) is 0 Å². The van der Waals surface area contributed by atoms with Crippen LogP contribution in [0.5, 0.6) is 0 Å². The van der Waals surface area contributed by atoms with Crippen LogP contribution in [0.1, 0.15) is 41.4 Å². The minimum Gasteiger partial charge on any atom is -0.436 e. The maximum absolute atomic E-state index is 13.2. The van der Waals surface area contributed by atoms with Gasteiger partial charge in [0.15, 0.2) is 11.6 Å². The first-order chi connectivity index (χ1) is 14.7. The number of carbonyl (C=O) groups is 2. The van der Waals surface area contributed by atoms with Gasteiger partial charge in [0.1, 0.15) is 6.61 Å². The fourth-order valence-electron chi connectivity index (χ4n) is 4.15. The molecule has 2 aromatic rings. The number of para-hydroxylation sites is 1. The number of hydrogen-bond acceptors (Lipinski definition) is 5. The molecule has 3 heterocycles. The number of benzene rings is 1. The summed E-state index contributed by atoms with van der Waals surface area (Å²) in [5.74, 6) is -2.55. The van der Waals surface area contributed by atoms with Crippen molar-refractivity contribution in [3.8, 4) is 0 Å². The molecule has 7 nitrogen and oxygen atoms in total. The predicted octanol–water partition coefficient (Wildman–Crippen LogP) is 3.43. The quantitative estimate of drug-likeness (QED) is 0.720. The molecule has 2 aliphatic heterocycles. The van der Waals surface area contributed by atoms with Gasteiger partial charge in [-0.1, -0.05) is 18.2 Å². The first kappa shape index (κ1) is 21.4. The summed E-state index contributed by atoms with van der Waals surface area (Å²) < 4.78 is 50.3. The first-order valence-corrected chi connectivity index (χ1v) is 10.0. The molecule has 2 amide bonds. The van der Waals surface area contributed by atoms with Crippen LogP contribution in [-0.4, -0.2) is 53.5 Å². The molecule has 2 aliphatic rings. The van der Waals surface area contributed by atoms with Crippen LogP contribution >= 0.6 is 0 Å². The molecule has 166 valence electrons. The first-order valence-electron chi connectivity index (χ1n) is 10.0. The van der Waals surface area contributed by atoms with Crippen LogP contribution in [0.4, 0.5) is 18.9 Å². The van der Waals surface area contributed by atoms with Gasteiger partial charge >= 0.3 is 6.18 Å². The zero-order valence-electron chi connectivity index (χ0n) is 16.9. The Labute approximate surface area is 176 Å². The van der Waals surface area contributed by atoms with Gasteiger partial charge in [0, 0.05) is 25.7 Å². The number of halogens is 3. The van der Waals surface area contributed by atoms with E-state index in [0.717, 1.165) is 5.69 Å². The van der Waals surface area contributed by atoms with Crippen LogP contribution in [0.25, 0.3) is 0 Å². The predicted molar refractivity (Wildman–Crippen MR) is 103 cm³/mol. The van der Waals surface area contributed by atoms with E-state index in [2.05, 4.69) is 9.40 Å². The maximum Gasteiger partial charge on any atom is 0.452 e. The van der Waals surface area contributed by atoms with Gasteiger partial charge < -0.3 is 19.0 Å². The highest BCUT2D eigenvalue weighted by molar-refractivity contribution is 5.95. The molecule has 2 fully saturated rings. The molecule has 1 unspecified atom stereocenters. The molecule has 0 N–H and O–H groups in total. The Morgan fingerprint density at radius 2 is 1.90 bits per heavy atom. The van der Waals surface area contributed by atoms with Gasteiger partial charge in [0.25, 0.3) is 11.8 Å². The van der Waals surface area contributed by atoms with Gasteiger partial charge in [-0.05, 0) is 31.4 Å². The number of rotatable bonds is 2. The van der Waals surface area contributed by atoms with Crippen molar-refractivity contribution in [3.05, 3.63) is 47.7 Å². The Morgan fingerprint density at radius 3 is 2.61 bits per heavy atom. The highest BCUT2D eigenvalue weighted by Gasteiger charge is 2.45. The summed E-state index contributed by atoms with van der Waals surface area (Å²) >= 11 is 0. The van der Waals surface area contributed by atoms with E-state index in [-0.39, 0.29) is 31.5 Å². The number of aryl methyl sites for hydroxylation is 1. The Hall–Kier alpha value is -2.88. The molecule has 4 rings (SSSR count). The molecule has 0 saturated carbocycles. The topological polar surface area (TPSA) is 75.9 Å². The Morgan fingerprint density at radius 1 is 1.16 bits per heavy atom. The van der Waals surface area contributed by atoms with Gasteiger partial charge in [-0.3, -0.25) is 9.59 Å².